The predicted molar refractivity (Wildman–Crippen MR) is 173 cm³/mol. The molecule has 7 nitrogen and oxygen atoms in total. The third-order valence-electron chi connectivity index (χ3n) is 14.4. The Hall–Kier alpha value is -2.35. The molecule has 0 bridgehead atoms. The molecule has 0 aromatic heterocycles. The molecule has 0 aliphatic heterocycles. The van der Waals surface area contributed by atoms with Gasteiger partial charge in [0.25, 0.3) is 0 Å². The average Bonchev–Trinajstić information content (AvgIpc) is 3.29. The van der Waals surface area contributed by atoms with Crippen LogP contribution in [0.25, 0.3) is 6.08 Å². The van der Waals surface area contributed by atoms with Gasteiger partial charge in [0.05, 0.1) is 18.8 Å². The number of benzene rings is 1. The van der Waals surface area contributed by atoms with Gasteiger partial charge in [0.15, 0.2) is 11.5 Å². The molecule has 4 fully saturated rings. The van der Waals surface area contributed by atoms with Gasteiger partial charge in [0, 0.05) is 16.9 Å². The summed E-state index contributed by atoms with van der Waals surface area (Å²) < 4.78 is 5.94. The third-order valence-corrected chi connectivity index (χ3v) is 14.4. The van der Waals surface area contributed by atoms with Crippen LogP contribution in [0, 0.1) is 44.3 Å². The van der Waals surface area contributed by atoms with Gasteiger partial charge in [0.1, 0.15) is 6.10 Å². The number of allylic oxidation sites excluding steroid dienone is 1. The van der Waals surface area contributed by atoms with Crippen molar-refractivity contribution in [2.75, 3.05) is 6.61 Å². The zero-order chi connectivity index (χ0) is 32.8. The number of phenolic OH excluding ortho intramolecular Hbond substituents is 2. The highest BCUT2D eigenvalue weighted by atomic mass is 16.6. The number of hydrogen-bond donors (Lipinski definition) is 5. The fraction of sp³-hybridized carbons (Fsp3) is 0.711. The van der Waals surface area contributed by atoms with Crippen molar-refractivity contribution in [1.29, 1.82) is 0 Å². The van der Waals surface area contributed by atoms with Crippen molar-refractivity contribution in [2.45, 2.75) is 118 Å². The average molecular weight is 623 g/mol. The molecule has 7 heteroatoms. The molecule has 0 unspecified atom stereocenters. The summed E-state index contributed by atoms with van der Waals surface area (Å²) in [6.45, 7) is 13.5. The van der Waals surface area contributed by atoms with E-state index in [2.05, 4.69) is 40.7 Å². The number of fused-ring (bicyclic) bond motifs is 5. The first-order valence-corrected chi connectivity index (χ1v) is 17.0. The van der Waals surface area contributed by atoms with Crippen molar-refractivity contribution in [1.82, 2.24) is 0 Å². The summed E-state index contributed by atoms with van der Waals surface area (Å²) >= 11 is 0. The Labute approximate surface area is 268 Å². The molecule has 45 heavy (non-hydrogen) atoms. The van der Waals surface area contributed by atoms with Crippen molar-refractivity contribution in [2.24, 2.45) is 44.3 Å². The Morgan fingerprint density at radius 1 is 0.956 bits per heavy atom. The maximum Gasteiger partial charge on any atom is 0.331 e. The lowest BCUT2D eigenvalue weighted by Gasteiger charge is -2.71. The van der Waals surface area contributed by atoms with Crippen LogP contribution in [0.3, 0.4) is 0 Å². The molecule has 0 saturated heterocycles. The fourth-order valence-electron chi connectivity index (χ4n) is 11.8. The summed E-state index contributed by atoms with van der Waals surface area (Å²) in [6, 6.07) is 4.26. The maximum absolute atomic E-state index is 13.0. The van der Waals surface area contributed by atoms with Gasteiger partial charge in [-0.25, -0.2) is 4.79 Å². The molecular weight excluding hydrogens is 568 g/mol. The van der Waals surface area contributed by atoms with Crippen LogP contribution in [-0.4, -0.2) is 56.4 Å². The van der Waals surface area contributed by atoms with E-state index in [9.17, 15) is 30.3 Å². The molecule has 1 spiro atoms. The Bertz CT molecular complexity index is 1410. The van der Waals surface area contributed by atoms with E-state index in [0.29, 0.717) is 12.0 Å². The quantitative estimate of drug-likeness (QED) is 0.112. The smallest absolute Gasteiger partial charge is 0.331 e. The second-order valence-corrected chi connectivity index (χ2v) is 17.3. The number of hydrogen-bond acceptors (Lipinski definition) is 7. The highest BCUT2D eigenvalue weighted by molar-refractivity contribution is 5.87. The van der Waals surface area contributed by atoms with Gasteiger partial charge in [-0.2, -0.15) is 0 Å². The minimum absolute atomic E-state index is 0.0240. The number of carbonyl (C=O) groups is 1. The Balaban J connectivity index is 1.27. The van der Waals surface area contributed by atoms with E-state index in [-0.39, 0.29) is 57.0 Å². The van der Waals surface area contributed by atoms with Crippen LogP contribution in [0.1, 0.15) is 105 Å². The number of esters is 1. The van der Waals surface area contributed by atoms with E-state index in [1.807, 2.05) is 6.92 Å². The van der Waals surface area contributed by atoms with Crippen molar-refractivity contribution in [3.8, 4) is 11.5 Å². The first-order chi connectivity index (χ1) is 20.9. The van der Waals surface area contributed by atoms with Crippen molar-refractivity contribution >= 4 is 12.0 Å². The molecule has 4 saturated carbocycles. The number of aromatic hydroxyl groups is 2. The fourth-order valence-corrected chi connectivity index (χ4v) is 11.8. The van der Waals surface area contributed by atoms with Gasteiger partial charge in [-0.3, -0.25) is 0 Å². The van der Waals surface area contributed by atoms with Gasteiger partial charge in [0.2, 0.25) is 0 Å². The minimum atomic E-state index is -0.945. The lowest BCUT2D eigenvalue weighted by molar-refractivity contribution is -0.249. The molecule has 5 aliphatic carbocycles. The minimum Gasteiger partial charge on any atom is -0.504 e. The lowest BCUT2D eigenvalue weighted by Crippen LogP contribution is -2.68. The predicted octanol–water partition coefficient (Wildman–Crippen LogP) is 6.51. The zero-order valence-electron chi connectivity index (χ0n) is 28.0. The van der Waals surface area contributed by atoms with Crippen molar-refractivity contribution < 1.29 is 35.1 Å². The van der Waals surface area contributed by atoms with Crippen LogP contribution in [-0.2, 0) is 9.53 Å². The van der Waals surface area contributed by atoms with Gasteiger partial charge in [-0.05, 0) is 121 Å². The van der Waals surface area contributed by atoms with Crippen molar-refractivity contribution in [3.05, 3.63) is 41.5 Å². The molecule has 248 valence electrons. The monoisotopic (exact) mass is 622 g/mol. The van der Waals surface area contributed by atoms with E-state index in [0.717, 1.165) is 51.4 Å². The normalized spacial score (nSPS) is 45.4. The molecule has 6 rings (SSSR count). The van der Waals surface area contributed by atoms with E-state index in [1.165, 1.54) is 29.9 Å². The number of aliphatic hydroxyl groups is 3. The Morgan fingerprint density at radius 2 is 1.67 bits per heavy atom. The number of rotatable bonds is 4. The molecule has 10 atom stereocenters. The maximum atomic E-state index is 13.0. The van der Waals surface area contributed by atoms with Gasteiger partial charge < -0.3 is 30.3 Å². The van der Waals surface area contributed by atoms with Crippen molar-refractivity contribution in [3.63, 3.8) is 0 Å². The highest BCUT2D eigenvalue weighted by Gasteiger charge is 2.70. The van der Waals surface area contributed by atoms with Crippen LogP contribution < -0.4 is 0 Å². The van der Waals surface area contributed by atoms with Crippen LogP contribution in [0.15, 0.2) is 35.9 Å². The molecule has 5 N–H and O–H groups in total. The number of phenols is 2. The van der Waals surface area contributed by atoms with E-state index < -0.39 is 29.7 Å². The summed E-state index contributed by atoms with van der Waals surface area (Å²) in [4.78, 5) is 13.0. The van der Waals surface area contributed by atoms with Gasteiger partial charge >= 0.3 is 5.97 Å². The SMILES string of the molecule is CC1(C)CC[C@@]2(CC[C@]3(C)C(=CC[C@@H]4[C@@]5(C)C[C@@H](O)[C@H](OC(=O)/C=C/c6ccc(O)c(O)c6)[C@@](C)(CO)[C@@H]5CC[C@]43C)[C@H]2O)C1. The molecule has 1 aromatic rings. The first kappa shape index (κ1) is 32.6. The van der Waals surface area contributed by atoms with E-state index >= 15 is 0 Å². The topological polar surface area (TPSA) is 127 Å². The van der Waals surface area contributed by atoms with Crippen LogP contribution in [0.5, 0.6) is 11.5 Å². The van der Waals surface area contributed by atoms with E-state index in [4.69, 9.17) is 4.74 Å². The van der Waals surface area contributed by atoms with Gasteiger partial charge in [-0.1, -0.05) is 53.7 Å². The zero-order valence-corrected chi connectivity index (χ0v) is 28.0. The molecule has 0 radical (unpaired) electrons. The standard InChI is InChI=1S/C38H54O7/c1-33(2)15-17-38(21-33)18-16-36(5)24(31(38)44)9-11-29-34(3)20-27(42)32(35(4,22-39)28(34)13-14-37(29,36)6)45-30(43)12-8-23-7-10-25(40)26(41)19-23/h7-10,12,19,27-29,31-32,39-42,44H,11,13-18,20-22H2,1-6H3/b12-8+/t27-,28-,29-,31-,32+,34+,35+,36-,37-,38-/m1/s1. The summed E-state index contributed by atoms with van der Waals surface area (Å²) in [5, 5.41) is 54.1. The largest absolute Gasteiger partial charge is 0.504 e. The van der Waals surface area contributed by atoms with Crippen LogP contribution in [0.2, 0.25) is 0 Å². The molecular formula is C38H54O7. The van der Waals surface area contributed by atoms with Crippen LogP contribution >= 0.6 is 0 Å². The summed E-state index contributed by atoms with van der Waals surface area (Å²) in [5.74, 6) is -0.883. The number of ether oxygens (including phenoxy) is 1. The molecule has 5 aliphatic rings. The second kappa shape index (κ2) is 10.6. The molecule has 1 aromatic carbocycles. The summed E-state index contributed by atoms with van der Waals surface area (Å²) in [5.41, 5.74) is 0.647. The second-order valence-electron chi connectivity index (χ2n) is 17.3. The molecule has 0 heterocycles. The Kier molecular flexibility index (Phi) is 7.66. The lowest BCUT2D eigenvalue weighted by atomic mass is 9.34. The Morgan fingerprint density at radius 3 is 2.31 bits per heavy atom. The summed E-state index contributed by atoms with van der Waals surface area (Å²) in [6.07, 6.45) is 11.4. The first-order valence-electron chi connectivity index (χ1n) is 17.0. The van der Waals surface area contributed by atoms with Crippen LogP contribution in [0.4, 0.5) is 0 Å². The van der Waals surface area contributed by atoms with E-state index in [1.54, 1.807) is 6.07 Å². The number of carbonyl (C=O) groups excluding carboxylic acids is 1. The third kappa shape index (κ3) is 4.73. The summed E-state index contributed by atoms with van der Waals surface area (Å²) in [7, 11) is 0. The number of aliphatic hydroxyl groups excluding tert-OH is 3. The van der Waals surface area contributed by atoms with Gasteiger partial charge in [-0.15, -0.1) is 0 Å². The molecule has 0 amide bonds. The highest BCUT2D eigenvalue weighted by Crippen LogP contribution is 2.75.